The molecule has 2 aliphatic rings. The third kappa shape index (κ3) is 4.47. The fraction of sp³-hybridized carbons (Fsp3) is 0.478. The van der Waals surface area contributed by atoms with Crippen molar-refractivity contribution < 1.29 is 4.74 Å². The van der Waals surface area contributed by atoms with Gasteiger partial charge in [-0.2, -0.15) is 0 Å². The number of piperazine rings is 2. The standard InChI is InChI=1S/C23H31ClN4O/c1-3-29-23-7-5-4-6-21(23)28-13-10-26-20(16-28)18-14-17(2)22(15-19(18)24)27-11-8-25-9-12-27/h4-7,14-15,20,25-26H,3,8-13,16H2,1-2H3. The number of aryl methyl sites for hydroxylation is 1. The first-order valence-electron chi connectivity index (χ1n) is 10.6. The maximum atomic E-state index is 6.80. The quantitative estimate of drug-likeness (QED) is 0.782. The summed E-state index contributed by atoms with van der Waals surface area (Å²) < 4.78 is 5.86. The van der Waals surface area contributed by atoms with Crippen LogP contribution in [0.2, 0.25) is 5.02 Å². The highest BCUT2D eigenvalue weighted by Crippen LogP contribution is 2.35. The van der Waals surface area contributed by atoms with E-state index in [-0.39, 0.29) is 6.04 Å². The lowest BCUT2D eigenvalue weighted by atomic mass is 10.00. The number of ether oxygens (including phenoxy) is 1. The first-order valence-corrected chi connectivity index (χ1v) is 11.0. The number of hydrogen-bond acceptors (Lipinski definition) is 5. The van der Waals surface area contributed by atoms with Gasteiger partial charge >= 0.3 is 0 Å². The average molecular weight is 415 g/mol. The number of benzene rings is 2. The lowest BCUT2D eigenvalue weighted by Crippen LogP contribution is -2.46. The minimum atomic E-state index is 0.196. The van der Waals surface area contributed by atoms with Gasteiger partial charge in [0.15, 0.2) is 0 Å². The van der Waals surface area contributed by atoms with Crippen molar-refractivity contribution in [3.63, 3.8) is 0 Å². The SMILES string of the molecule is CCOc1ccccc1N1CCNC(c2cc(C)c(N3CCNCC3)cc2Cl)C1. The number of hydrogen-bond donors (Lipinski definition) is 2. The van der Waals surface area contributed by atoms with Crippen LogP contribution in [-0.2, 0) is 0 Å². The van der Waals surface area contributed by atoms with Crippen molar-refractivity contribution in [1.82, 2.24) is 10.6 Å². The van der Waals surface area contributed by atoms with E-state index in [2.05, 4.69) is 57.7 Å². The van der Waals surface area contributed by atoms with Crippen LogP contribution in [0.1, 0.15) is 24.1 Å². The summed E-state index contributed by atoms with van der Waals surface area (Å²) >= 11 is 6.80. The molecule has 5 nitrogen and oxygen atoms in total. The molecule has 2 aliphatic heterocycles. The second-order valence-electron chi connectivity index (χ2n) is 7.75. The molecule has 6 heteroatoms. The molecule has 1 atom stereocenters. The first-order chi connectivity index (χ1) is 14.2. The summed E-state index contributed by atoms with van der Waals surface area (Å²) in [6.07, 6.45) is 0. The molecule has 0 bridgehead atoms. The summed E-state index contributed by atoms with van der Waals surface area (Å²) in [7, 11) is 0. The van der Waals surface area contributed by atoms with E-state index in [1.807, 2.05) is 13.0 Å². The Labute approximate surface area is 179 Å². The van der Waals surface area contributed by atoms with Gasteiger partial charge in [-0.05, 0) is 43.2 Å². The number of anilines is 2. The molecule has 2 fully saturated rings. The van der Waals surface area contributed by atoms with E-state index in [0.717, 1.165) is 62.3 Å². The average Bonchev–Trinajstić information content (AvgIpc) is 2.76. The first kappa shape index (κ1) is 20.3. The topological polar surface area (TPSA) is 39.8 Å². The van der Waals surface area contributed by atoms with Gasteiger partial charge in [0.05, 0.1) is 18.3 Å². The van der Waals surface area contributed by atoms with Crippen LogP contribution < -0.4 is 25.2 Å². The highest BCUT2D eigenvalue weighted by molar-refractivity contribution is 6.31. The van der Waals surface area contributed by atoms with Crippen molar-refractivity contribution in [2.75, 3.05) is 62.2 Å². The van der Waals surface area contributed by atoms with Crippen molar-refractivity contribution in [1.29, 1.82) is 0 Å². The predicted molar refractivity (Wildman–Crippen MR) is 122 cm³/mol. The number of rotatable bonds is 5. The molecule has 156 valence electrons. The zero-order valence-electron chi connectivity index (χ0n) is 17.4. The van der Waals surface area contributed by atoms with E-state index < -0.39 is 0 Å². The van der Waals surface area contributed by atoms with E-state index >= 15 is 0 Å². The lowest BCUT2D eigenvalue weighted by molar-refractivity contribution is 0.339. The van der Waals surface area contributed by atoms with E-state index in [9.17, 15) is 0 Å². The van der Waals surface area contributed by atoms with Gasteiger partial charge in [0.2, 0.25) is 0 Å². The minimum absolute atomic E-state index is 0.196. The van der Waals surface area contributed by atoms with Gasteiger partial charge < -0.3 is 25.2 Å². The molecule has 2 N–H and O–H groups in total. The Morgan fingerprint density at radius 3 is 2.59 bits per heavy atom. The molecule has 4 rings (SSSR count). The van der Waals surface area contributed by atoms with E-state index in [1.165, 1.54) is 16.8 Å². The highest BCUT2D eigenvalue weighted by atomic mass is 35.5. The van der Waals surface area contributed by atoms with Crippen LogP contribution in [0.25, 0.3) is 0 Å². The van der Waals surface area contributed by atoms with E-state index in [4.69, 9.17) is 16.3 Å². The lowest BCUT2D eigenvalue weighted by Gasteiger charge is -2.37. The van der Waals surface area contributed by atoms with Gasteiger partial charge in [0.1, 0.15) is 5.75 Å². The minimum Gasteiger partial charge on any atom is -0.492 e. The molecule has 29 heavy (non-hydrogen) atoms. The number of para-hydroxylation sites is 2. The Morgan fingerprint density at radius 1 is 1.03 bits per heavy atom. The van der Waals surface area contributed by atoms with Crippen LogP contribution in [0.15, 0.2) is 36.4 Å². The highest BCUT2D eigenvalue weighted by Gasteiger charge is 2.26. The van der Waals surface area contributed by atoms with Crippen LogP contribution in [0.4, 0.5) is 11.4 Å². The van der Waals surface area contributed by atoms with E-state index in [1.54, 1.807) is 0 Å². The van der Waals surface area contributed by atoms with Crippen molar-refractivity contribution in [3.05, 3.63) is 52.5 Å². The Morgan fingerprint density at radius 2 is 1.79 bits per heavy atom. The summed E-state index contributed by atoms with van der Waals surface area (Å²) in [5.74, 6) is 0.951. The maximum Gasteiger partial charge on any atom is 0.142 e. The van der Waals surface area contributed by atoms with Crippen LogP contribution in [-0.4, -0.2) is 52.4 Å². The predicted octanol–water partition coefficient (Wildman–Crippen LogP) is 3.61. The van der Waals surface area contributed by atoms with Crippen LogP contribution in [0.5, 0.6) is 5.75 Å². The Hall–Kier alpha value is -1.95. The molecule has 0 amide bonds. The van der Waals surface area contributed by atoms with Gasteiger partial charge in [-0.1, -0.05) is 29.8 Å². The number of nitrogens with zero attached hydrogens (tertiary/aromatic N) is 2. The Kier molecular flexibility index (Phi) is 6.48. The largest absolute Gasteiger partial charge is 0.492 e. The van der Waals surface area contributed by atoms with Crippen LogP contribution in [0.3, 0.4) is 0 Å². The zero-order chi connectivity index (χ0) is 20.2. The summed E-state index contributed by atoms with van der Waals surface area (Å²) in [5.41, 5.74) is 4.89. The molecule has 2 aromatic carbocycles. The summed E-state index contributed by atoms with van der Waals surface area (Å²) in [4.78, 5) is 4.84. The van der Waals surface area contributed by atoms with Crippen LogP contribution >= 0.6 is 11.6 Å². The smallest absolute Gasteiger partial charge is 0.142 e. The molecule has 2 saturated heterocycles. The van der Waals surface area contributed by atoms with Gasteiger partial charge in [0.25, 0.3) is 0 Å². The zero-order valence-corrected chi connectivity index (χ0v) is 18.1. The molecule has 0 spiro atoms. The van der Waals surface area contributed by atoms with Crippen molar-refractivity contribution >= 4 is 23.0 Å². The summed E-state index contributed by atoms with van der Waals surface area (Å²) in [6.45, 7) is 11.7. The van der Waals surface area contributed by atoms with Crippen molar-refractivity contribution in [2.24, 2.45) is 0 Å². The molecule has 2 aromatic rings. The number of halogens is 1. The second kappa shape index (κ2) is 9.24. The molecule has 0 saturated carbocycles. The summed E-state index contributed by atoms with van der Waals surface area (Å²) in [5, 5.41) is 7.93. The summed E-state index contributed by atoms with van der Waals surface area (Å²) in [6, 6.07) is 12.9. The van der Waals surface area contributed by atoms with Gasteiger partial charge in [-0.25, -0.2) is 0 Å². The monoisotopic (exact) mass is 414 g/mol. The fourth-order valence-electron chi connectivity index (χ4n) is 4.38. The van der Waals surface area contributed by atoms with Crippen molar-refractivity contribution in [2.45, 2.75) is 19.9 Å². The maximum absolute atomic E-state index is 6.80. The Balaban J connectivity index is 1.56. The fourth-order valence-corrected chi connectivity index (χ4v) is 4.67. The molecular weight excluding hydrogens is 384 g/mol. The van der Waals surface area contributed by atoms with Gasteiger partial charge in [0, 0.05) is 56.5 Å². The molecule has 0 radical (unpaired) electrons. The molecule has 2 heterocycles. The van der Waals surface area contributed by atoms with Gasteiger partial charge in [-0.15, -0.1) is 0 Å². The molecule has 1 unspecified atom stereocenters. The third-order valence-corrected chi connectivity index (χ3v) is 6.16. The van der Waals surface area contributed by atoms with Crippen molar-refractivity contribution in [3.8, 4) is 5.75 Å². The normalized spacial score (nSPS) is 20.0. The third-order valence-electron chi connectivity index (χ3n) is 5.83. The Bertz CT molecular complexity index is 838. The molecule has 0 aliphatic carbocycles. The number of nitrogens with one attached hydrogen (secondary N) is 2. The molecule has 0 aromatic heterocycles. The molecular formula is C23H31ClN4O. The van der Waals surface area contributed by atoms with Gasteiger partial charge in [-0.3, -0.25) is 0 Å². The van der Waals surface area contributed by atoms with E-state index in [0.29, 0.717) is 6.61 Å². The van der Waals surface area contributed by atoms with Crippen LogP contribution in [0, 0.1) is 6.92 Å². The second-order valence-corrected chi connectivity index (χ2v) is 8.16.